The van der Waals surface area contributed by atoms with E-state index >= 15 is 0 Å². The maximum Gasteiger partial charge on any atom is 0.293 e. The highest BCUT2D eigenvalue weighted by molar-refractivity contribution is 8.18. The fraction of sp³-hybridized carbons (Fsp3) is 0.211. The molecule has 7 heteroatoms. The van der Waals surface area contributed by atoms with Gasteiger partial charge in [0.05, 0.1) is 15.6 Å². The molecule has 1 saturated heterocycles. The second-order valence-electron chi connectivity index (χ2n) is 6.22. The van der Waals surface area contributed by atoms with Crippen LogP contribution in [0.3, 0.4) is 0 Å². The normalized spacial score (nSPS) is 18.2. The van der Waals surface area contributed by atoms with Gasteiger partial charge in [0.25, 0.3) is 11.1 Å². The predicted octanol–water partition coefficient (Wildman–Crippen LogP) is 5.10. The molecule has 0 N–H and O–H groups in total. The van der Waals surface area contributed by atoms with Gasteiger partial charge < -0.3 is 4.42 Å². The Labute approximate surface area is 159 Å². The standard InChI is InChI=1S/C19H16N2O3S2/c1-11(2)21-18(22)15(25-19(21)23)10-13-7-8-17(24-13)26-16-9-12-5-3-4-6-14(12)20-16/h3-8,10-11H,9H2,1-2H3. The van der Waals surface area contributed by atoms with E-state index in [0.29, 0.717) is 15.8 Å². The highest BCUT2D eigenvalue weighted by Crippen LogP contribution is 2.36. The Morgan fingerprint density at radius 2 is 2.04 bits per heavy atom. The minimum Gasteiger partial charge on any atom is -0.450 e. The SMILES string of the molecule is CC(C)N1C(=O)SC(=Cc2ccc(SC3=Nc4ccccc4C3)o2)C1=O. The molecule has 0 unspecified atom stereocenters. The van der Waals surface area contributed by atoms with Gasteiger partial charge in [-0.05, 0) is 61.1 Å². The van der Waals surface area contributed by atoms with E-state index in [2.05, 4.69) is 11.1 Å². The molecule has 2 aromatic rings. The van der Waals surface area contributed by atoms with E-state index in [1.54, 1.807) is 12.1 Å². The summed E-state index contributed by atoms with van der Waals surface area (Å²) in [5.74, 6) is 0.286. The lowest BCUT2D eigenvalue weighted by atomic mass is 10.2. The summed E-state index contributed by atoms with van der Waals surface area (Å²) in [5.41, 5.74) is 2.22. The first kappa shape index (κ1) is 17.2. The molecular weight excluding hydrogens is 368 g/mol. The molecule has 5 nitrogen and oxygen atoms in total. The molecule has 0 spiro atoms. The number of carbonyl (C=O) groups is 2. The summed E-state index contributed by atoms with van der Waals surface area (Å²) in [6.07, 6.45) is 2.42. The molecule has 0 atom stereocenters. The van der Waals surface area contributed by atoms with Gasteiger partial charge in [-0.2, -0.15) is 0 Å². The van der Waals surface area contributed by atoms with Crippen LogP contribution in [-0.2, 0) is 11.2 Å². The maximum atomic E-state index is 12.3. The van der Waals surface area contributed by atoms with Gasteiger partial charge in [0.15, 0.2) is 5.09 Å². The summed E-state index contributed by atoms with van der Waals surface area (Å²) in [4.78, 5) is 30.5. The van der Waals surface area contributed by atoms with Crippen LogP contribution in [0, 0.1) is 0 Å². The quantitative estimate of drug-likeness (QED) is 0.689. The molecule has 2 amide bonds. The molecule has 0 bridgehead atoms. The third kappa shape index (κ3) is 3.24. The van der Waals surface area contributed by atoms with Gasteiger partial charge in [0.2, 0.25) is 0 Å². The van der Waals surface area contributed by atoms with Crippen LogP contribution in [0.25, 0.3) is 6.08 Å². The van der Waals surface area contributed by atoms with Crippen LogP contribution in [0.2, 0.25) is 0 Å². The summed E-state index contributed by atoms with van der Waals surface area (Å²) in [5, 5.41) is 1.45. The van der Waals surface area contributed by atoms with Gasteiger partial charge in [-0.1, -0.05) is 18.2 Å². The zero-order valence-corrected chi connectivity index (χ0v) is 15.9. The van der Waals surface area contributed by atoms with E-state index in [-0.39, 0.29) is 17.2 Å². The van der Waals surface area contributed by atoms with Crippen LogP contribution in [0.15, 0.2) is 55.8 Å². The van der Waals surface area contributed by atoms with Crippen LogP contribution in [0.5, 0.6) is 0 Å². The lowest BCUT2D eigenvalue weighted by Gasteiger charge is -2.16. The number of amides is 2. The summed E-state index contributed by atoms with van der Waals surface area (Å²) in [6, 6.07) is 11.6. The van der Waals surface area contributed by atoms with Crippen molar-refractivity contribution in [3.63, 3.8) is 0 Å². The van der Waals surface area contributed by atoms with Crippen molar-refractivity contribution in [1.82, 2.24) is 4.90 Å². The van der Waals surface area contributed by atoms with Gasteiger partial charge in [-0.25, -0.2) is 4.99 Å². The predicted molar refractivity (Wildman–Crippen MR) is 105 cm³/mol. The summed E-state index contributed by atoms with van der Waals surface area (Å²) in [7, 11) is 0. The molecule has 1 aromatic heterocycles. The number of benzene rings is 1. The van der Waals surface area contributed by atoms with Gasteiger partial charge in [-0.3, -0.25) is 14.5 Å². The Morgan fingerprint density at radius 1 is 1.23 bits per heavy atom. The number of rotatable bonds is 3. The highest BCUT2D eigenvalue weighted by atomic mass is 32.2. The molecule has 0 aliphatic carbocycles. The molecule has 132 valence electrons. The first-order valence-corrected chi connectivity index (χ1v) is 9.85. The van der Waals surface area contributed by atoms with Crippen molar-refractivity contribution in [2.24, 2.45) is 4.99 Å². The van der Waals surface area contributed by atoms with Gasteiger partial charge in [-0.15, -0.1) is 0 Å². The average Bonchev–Trinajstić information content (AvgIpc) is 3.26. The molecule has 1 fully saturated rings. The zero-order valence-electron chi connectivity index (χ0n) is 14.3. The first-order valence-electron chi connectivity index (χ1n) is 8.21. The number of fused-ring (bicyclic) bond motifs is 1. The van der Waals surface area contributed by atoms with Crippen molar-refractivity contribution >= 4 is 51.5 Å². The third-order valence-corrected chi connectivity index (χ3v) is 5.79. The number of nitrogens with zero attached hydrogens (tertiary/aromatic N) is 2. The molecule has 3 heterocycles. The number of hydrogen-bond donors (Lipinski definition) is 0. The Morgan fingerprint density at radius 3 is 2.77 bits per heavy atom. The Hall–Kier alpha value is -2.25. The largest absolute Gasteiger partial charge is 0.450 e. The molecule has 0 radical (unpaired) electrons. The Balaban J connectivity index is 1.48. The van der Waals surface area contributed by atoms with E-state index in [4.69, 9.17) is 4.42 Å². The molecule has 0 saturated carbocycles. The number of thioether (sulfide) groups is 2. The third-order valence-electron chi connectivity index (χ3n) is 4.01. The number of para-hydroxylation sites is 1. The Kier molecular flexibility index (Phi) is 4.50. The van der Waals surface area contributed by atoms with E-state index in [1.165, 1.54) is 22.2 Å². The number of furan rings is 1. The number of aliphatic imine (C=N–C) groups is 1. The van der Waals surface area contributed by atoms with Crippen molar-refractivity contribution in [1.29, 1.82) is 0 Å². The number of carbonyl (C=O) groups excluding carboxylic acids is 2. The first-order chi connectivity index (χ1) is 12.5. The topological polar surface area (TPSA) is 62.9 Å². The van der Waals surface area contributed by atoms with Crippen LogP contribution < -0.4 is 0 Å². The molecule has 26 heavy (non-hydrogen) atoms. The van der Waals surface area contributed by atoms with Crippen LogP contribution in [0.1, 0.15) is 25.2 Å². The molecule has 2 aliphatic heterocycles. The monoisotopic (exact) mass is 384 g/mol. The van der Waals surface area contributed by atoms with E-state index in [9.17, 15) is 9.59 Å². The Bertz CT molecular complexity index is 959. The van der Waals surface area contributed by atoms with Crippen molar-refractivity contribution < 1.29 is 14.0 Å². The lowest BCUT2D eigenvalue weighted by molar-refractivity contribution is -0.123. The number of hydrogen-bond acceptors (Lipinski definition) is 6. The van der Waals surface area contributed by atoms with Crippen molar-refractivity contribution in [3.05, 3.63) is 52.6 Å². The highest BCUT2D eigenvalue weighted by Gasteiger charge is 2.36. The second kappa shape index (κ2) is 6.81. The maximum absolute atomic E-state index is 12.3. The average molecular weight is 384 g/mol. The molecular formula is C19H16N2O3S2. The zero-order chi connectivity index (χ0) is 18.3. The van der Waals surface area contributed by atoms with E-state index in [1.807, 2.05) is 38.1 Å². The summed E-state index contributed by atoms with van der Waals surface area (Å²) < 4.78 is 5.80. The summed E-state index contributed by atoms with van der Waals surface area (Å²) >= 11 is 2.43. The minimum absolute atomic E-state index is 0.155. The van der Waals surface area contributed by atoms with Crippen molar-refractivity contribution in [2.45, 2.75) is 31.4 Å². The van der Waals surface area contributed by atoms with E-state index < -0.39 is 0 Å². The van der Waals surface area contributed by atoms with Crippen LogP contribution >= 0.6 is 23.5 Å². The van der Waals surface area contributed by atoms with Crippen molar-refractivity contribution in [2.75, 3.05) is 0 Å². The lowest BCUT2D eigenvalue weighted by Crippen LogP contribution is -2.34. The minimum atomic E-state index is -0.267. The van der Waals surface area contributed by atoms with Crippen molar-refractivity contribution in [3.8, 4) is 0 Å². The second-order valence-corrected chi connectivity index (χ2v) is 8.29. The fourth-order valence-corrected chi connectivity index (χ4v) is 4.62. The summed E-state index contributed by atoms with van der Waals surface area (Å²) in [6.45, 7) is 3.64. The molecule has 2 aliphatic rings. The van der Waals surface area contributed by atoms with Gasteiger partial charge in [0.1, 0.15) is 5.76 Å². The molecule has 4 rings (SSSR count). The number of imide groups is 1. The van der Waals surface area contributed by atoms with Crippen LogP contribution in [0.4, 0.5) is 10.5 Å². The smallest absolute Gasteiger partial charge is 0.293 e. The van der Waals surface area contributed by atoms with E-state index in [0.717, 1.165) is 28.9 Å². The van der Waals surface area contributed by atoms with Crippen LogP contribution in [-0.4, -0.2) is 27.1 Å². The molecule has 1 aromatic carbocycles. The van der Waals surface area contributed by atoms with Gasteiger partial charge in [0, 0.05) is 18.5 Å². The fourth-order valence-electron chi connectivity index (χ4n) is 2.80. The van der Waals surface area contributed by atoms with Gasteiger partial charge >= 0.3 is 0 Å².